The molecule has 0 N–H and O–H groups in total. The van der Waals surface area contributed by atoms with Crippen LogP contribution in [-0.2, 0) is 39.9 Å². The maximum Gasteiger partial charge on any atom is 0.410 e. The molecule has 4 rings (SSSR count). The van der Waals surface area contributed by atoms with Gasteiger partial charge in [0.25, 0.3) is 0 Å². The Morgan fingerprint density at radius 2 is 1.71 bits per heavy atom. The van der Waals surface area contributed by atoms with E-state index in [-0.39, 0.29) is 25.6 Å². The number of ether oxygens (including phenoxy) is 5. The highest BCUT2D eigenvalue weighted by Gasteiger charge is 2.53. The van der Waals surface area contributed by atoms with E-state index >= 15 is 0 Å². The quantitative estimate of drug-likeness (QED) is 0.336. The van der Waals surface area contributed by atoms with E-state index in [4.69, 9.17) is 35.3 Å². The summed E-state index contributed by atoms with van der Waals surface area (Å²) in [6.45, 7) is 1.32. The lowest BCUT2D eigenvalue weighted by atomic mass is 9.92. The van der Waals surface area contributed by atoms with Gasteiger partial charge in [-0.05, 0) is 5.56 Å². The molecule has 1 unspecified atom stereocenters. The zero-order valence-corrected chi connectivity index (χ0v) is 19.8. The highest BCUT2D eigenvalue weighted by molar-refractivity contribution is 6.26. The van der Waals surface area contributed by atoms with E-state index in [0.717, 1.165) is 11.1 Å². The average molecular weight is 504 g/mol. The van der Waals surface area contributed by atoms with E-state index in [0.29, 0.717) is 0 Å². The number of hydrogen-bond acceptors (Lipinski definition) is 8. The highest BCUT2D eigenvalue weighted by atomic mass is 35.5. The Bertz CT molecular complexity index is 1020. The van der Waals surface area contributed by atoms with Gasteiger partial charge < -0.3 is 23.7 Å². The summed E-state index contributed by atoms with van der Waals surface area (Å²) >= 11 is 5.67. The molecule has 35 heavy (non-hydrogen) atoms. The van der Waals surface area contributed by atoms with Gasteiger partial charge >= 0.3 is 18.0 Å². The fourth-order valence-electron chi connectivity index (χ4n) is 4.20. The van der Waals surface area contributed by atoms with Gasteiger partial charge in [-0.25, -0.2) is 4.79 Å². The van der Waals surface area contributed by atoms with Crippen LogP contribution in [0, 0.1) is 0 Å². The highest BCUT2D eigenvalue weighted by Crippen LogP contribution is 2.36. The summed E-state index contributed by atoms with van der Waals surface area (Å²) in [6, 6.07) is 17.8. The van der Waals surface area contributed by atoms with Gasteiger partial charge in [0.05, 0.1) is 19.2 Å². The van der Waals surface area contributed by atoms with Crippen LogP contribution in [0.15, 0.2) is 60.7 Å². The Hall–Kier alpha value is -3.14. The van der Waals surface area contributed by atoms with E-state index < -0.39 is 48.7 Å². The van der Waals surface area contributed by atoms with Gasteiger partial charge in [0.2, 0.25) is 0 Å². The molecule has 2 aliphatic rings. The van der Waals surface area contributed by atoms with E-state index in [1.165, 1.54) is 11.8 Å². The van der Waals surface area contributed by atoms with Gasteiger partial charge in [-0.2, -0.15) is 0 Å². The Morgan fingerprint density at radius 1 is 1.03 bits per heavy atom. The number of halogens is 1. The molecule has 186 valence electrons. The van der Waals surface area contributed by atoms with Gasteiger partial charge in [-0.1, -0.05) is 60.7 Å². The smallest absolute Gasteiger partial charge is 0.410 e. The largest absolute Gasteiger partial charge is 0.457 e. The number of esters is 2. The minimum atomic E-state index is -0.997. The number of hydrogen-bond donors (Lipinski definition) is 0. The zero-order chi connectivity index (χ0) is 24.8. The summed E-state index contributed by atoms with van der Waals surface area (Å²) in [4.78, 5) is 38.5. The maximum absolute atomic E-state index is 13.1. The van der Waals surface area contributed by atoms with Crippen molar-refractivity contribution in [1.82, 2.24) is 4.90 Å². The first-order valence-electron chi connectivity index (χ1n) is 11.2. The van der Waals surface area contributed by atoms with Crippen molar-refractivity contribution in [3.05, 3.63) is 71.8 Å². The number of carbonyl (C=O) groups excluding carboxylic acids is 3. The van der Waals surface area contributed by atoms with E-state index in [9.17, 15) is 14.4 Å². The summed E-state index contributed by atoms with van der Waals surface area (Å²) in [5, 5.41) is 0. The van der Waals surface area contributed by atoms with Crippen LogP contribution in [0.1, 0.15) is 24.3 Å². The number of carbonyl (C=O) groups is 3. The summed E-state index contributed by atoms with van der Waals surface area (Å²) in [5.41, 5.74) is 1.57. The van der Waals surface area contributed by atoms with Crippen LogP contribution in [0.5, 0.6) is 0 Å². The summed E-state index contributed by atoms with van der Waals surface area (Å²) in [7, 11) is 0. The molecule has 1 amide bonds. The van der Waals surface area contributed by atoms with Crippen LogP contribution < -0.4 is 0 Å². The standard InChI is InChI=1S/C25H26ClNO8/c1-16(28)33-20-13-27(25(30)32-14-17-8-4-2-5-9-17)19-15-31-24(18-10-6-3-7-11-18)35-22(19)23(20)34-21(29)12-26/h2-11,19-20,22-24H,12-15H2,1H3/t19-,20+,22-,23-,24?/m1/s1. The van der Waals surface area contributed by atoms with E-state index in [2.05, 4.69) is 0 Å². The van der Waals surface area contributed by atoms with Crippen molar-refractivity contribution >= 4 is 29.6 Å². The number of rotatable bonds is 6. The Balaban J connectivity index is 1.59. The van der Waals surface area contributed by atoms with Gasteiger partial charge in [-0.15, -0.1) is 11.6 Å². The van der Waals surface area contributed by atoms with Gasteiger partial charge in [0.15, 0.2) is 18.5 Å². The lowest BCUT2D eigenvalue weighted by molar-refractivity contribution is -0.287. The van der Waals surface area contributed by atoms with Gasteiger partial charge in [-0.3, -0.25) is 14.5 Å². The third-order valence-electron chi connectivity index (χ3n) is 5.75. The molecule has 2 aromatic carbocycles. The fourth-order valence-corrected chi connectivity index (χ4v) is 4.27. The van der Waals surface area contributed by atoms with Crippen molar-refractivity contribution in [2.75, 3.05) is 19.0 Å². The SMILES string of the molecule is CC(=O)O[C@H]1CN(C(=O)OCc2ccccc2)[C@@H]2COC(c3ccccc3)O[C@H]2[C@@H]1OC(=O)CCl. The number of alkyl halides is 1. The molecule has 5 atom stereocenters. The molecule has 2 heterocycles. The number of nitrogens with zero attached hydrogens (tertiary/aromatic N) is 1. The van der Waals surface area contributed by atoms with Gasteiger partial charge in [0.1, 0.15) is 18.6 Å². The first kappa shape index (κ1) is 25.0. The van der Waals surface area contributed by atoms with Crippen LogP contribution >= 0.6 is 11.6 Å². The van der Waals surface area contributed by atoms with Gasteiger partial charge in [0, 0.05) is 12.5 Å². The topological polar surface area (TPSA) is 101 Å². The molecule has 2 fully saturated rings. The second-order valence-corrected chi connectivity index (χ2v) is 8.44. The summed E-state index contributed by atoms with van der Waals surface area (Å²) in [6.07, 6.45) is -4.24. The molecule has 10 heteroatoms. The van der Waals surface area contributed by atoms with Crippen LogP contribution in [0.2, 0.25) is 0 Å². The summed E-state index contributed by atoms with van der Waals surface area (Å²) < 4.78 is 28.7. The molecule has 0 bridgehead atoms. The molecule has 9 nitrogen and oxygen atoms in total. The second kappa shape index (κ2) is 11.5. The Kier molecular flexibility index (Phi) is 8.22. The lowest BCUT2D eigenvalue weighted by Gasteiger charge is -2.50. The van der Waals surface area contributed by atoms with Crippen molar-refractivity contribution in [3.63, 3.8) is 0 Å². The van der Waals surface area contributed by atoms with Crippen LogP contribution in [0.4, 0.5) is 4.79 Å². The number of benzene rings is 2. The normalized spacial score (nSPS) is 25.8. The van der Waals surface area contributed by atoms with E-state index in [1.807, 2.05) is 60.7 Å². The maximum atomic E-state index is 13.1. The second-order valence-electron chi connectivity index (χ2n) is 8.17. The third-order valence-corrected chi connectivity index (χ3v) is 5.97. The first-order valence-corrected chi connectivity index (χ1v) is 11.7. The number of piperidine rings is 1. The number of amides is 1. The molecule has 0 radical (unpaired) electrons. The minimum absolute atomic E-state index is 0.0603. The molecule has 2 aromatic rings. The molecular formula is C25H26ClNO8. The van der Waals surface area contributed by atoms with Crippen molar-refractivity contribution in [2.45, 2.75) is 44.2 Å². The molecule has 0 aromatic heterocycles. The monoisotopic (exact) mass is 503 g/mol. The predicted octanol–water partition coefficient (Wildman–Crippen LogP) is 3.20. The molecule has 0 spiro atoms. The Labute approximate surface area is 207 Å². The molecule has 0 saturated carbocycles. The molecule has 2 saturated heterocycles. The van der Waals surface area contributed by atoms with Crippen molar-refractivity contribution in [1.29, 1.82) is 0 Å². The van der Waals surface area contributed by atoms with Crippen molar-refractivity contribution in [3.8, 4) is 0 Å². The van der Waals surface area contributed by atoms with Crippen molar-refractivity contribution < 1.29 is 38.1 Å². The lowest BCUT2D eigenvalue weighted by Crippen LogP contribution is -2.68. The predicted molar refractivity (Wildman–Crippen MR) is 123 cm³/mol. The van der Waals surface area contributed by atoms with Crippen LogP contribution in [-0.4, -0.2) is 66.3 Å². The van der Waals surface area contributed by atoms with E-state index in [1.54, 1.807) is 0 Å². The molecular weight excluding hydrogens is 478 g/mol. The van der Waals surface area contributed by atoms with Crippen LogP contribution in [0.3, 0.4) is 0 Å². The molecule has 2 aliphatic heterocycles. The number of fused-ring (bicyclic) bond motifs is 1. The molecule has 0 aliphatic carbocycles. The fraction of sp³-hybridized carbons (Fsp3) is 0.400. The van der Waals surface area contributed by atoms with Crippen LogP contribution in [0.25, 0.3) is 0 Å². The Morgan fingerprint density at radius 3 is 2.37 bits per heavy atom. The average Bonchev–Trinajstić information content (AvgIpc) is 2.88. The third kappa shape index (κ3) is 6.11. The summed E-state index contributed by atoms with van der Waals surface area (Å²) in [5.74, 6) is -1.68. The minimum Gasteiger partial charge on any atom is -0.457 e. The zero-order valence-electron chi connectivity index (χ0n) is 19.1. The first-order chi connectivity index (χ1) is 17.0. The van der Waals surface area contributed by atoms with Crippen molar-refractivity contribution in [2.24, 2.45) is 0 Å². The number of likely N-dealkylation sites (tertiary alicyclic amines) is 1.